The molecule has 5 aromatic carbocycles. The molecule has 0 aromatic heterocycles. The largest absolute Gasteiger partial charge is 0.314 e. The zero-order valence-electron chi connectivity index (χ0n) is 38.9. The third-order valence-corrected chi connectivity index (χ3v) is 27.7. The number of anilines is 5. The Morgan fingerprint density at radius 2 is 1.20 bits per heavy atom. The van der Waals surface area contributed by atoms with Gasteiger partial charge in [-0.1, -0.05) is 168 Å². The Morgan fingerprint density at radius 3 is 1.92 bits per heavy atom. The topological polar surface area (TPSA) is 6.48 Å². The highest BCUT2D eigenvalue weighted by atomic mass is 28.3. The van der Waals surface area contributed by atoms with Crippen molar-refractivity contribution in [2.75, 3.05) is 9.80 Å². The molecular weight excluding hydrogens is 821 g/mol. The van der Waals surface area contributed by atoms with Gasteiger partial charge in [-0.25, -0.2) is 0 Å². The van der Waals surface area contributed by atoms with Gasteiger partial charge in [0.25, 0.3) is 0 Å². The first kappa shape index (κ1) is 40.1. The van der Waals surface area contributed by atoms with Crippen LogP contribution in [-0.2, 0) is 5.41 Å². The lowest BCUT2D eigenvalue weighted by Crippen LogP contribution is -2.58. The molecule has 7 aliphatic rings. The Morgan fingerprint density at radius 1 is 0.578 bits per heavy atom. The zero-order chi connectivity index (χ0) is 43.9. The van der Waals surface area contributed by atoms with Crippen molar-refractivity contribution in [3.63, 3.8) is 0 Å². The summed E-state index contributed by atoms with van der Waals surface area (Å²) in [6.45, 7) is 20.3. The molecule has 5 aromatic rings. The Labute approximate surface area is 384 Å². The molecule has 3 aliphatic heterocycles. The van der Waals surface area contributed by atoms with Crippen LogP contribution in [0.2, 0.25) is 39.3 Å². The van der Waals surface area contributed by atoms with Crippen LogP contribution in [0.3, 0.4) is 0 Å². The van der Waals surface area contributed by atoms with Gasteiger partial charge in [-0.2, -0.15) is 0 Å². The van der Waals surface area contributed by atoms with E-state index in [1.807, 2.05) is 0 Å². The number of hydrogen-bond donors (Lipinski definition) is 0. The van der Waals surface area contributed by atoms with Gasteiger partial charge in [0.15, 0.2) is 0 Å². The average Bonchev–Trinajstić information content (AvgIpc) is 3.66. The molecule has 0 spiro atoms. The van der Waals surface area contributed by atoms with Crippen molar-refractivity contribution in [2.45, 2.75) is 90.6 Å². The van der Waals surface area contributed by atoms with Crippen molar-refractivity contribution in [1.29, 1.82) is 0 Å². The molecule has 318 valence electrons. The van der Waals surface area contributed by atoms with Crippen LogP contribution in [0.4, 0.5) is 28.4 Å². The number of nitrogens with zero attached hydrogens (tertiary/aromatic N) is 2. The summed E-state index contributed by atoms with van der Waals surface area (Å²) in [5.41, 5.74) is 18.5. The highest BCUT2D eigenvalue weighted by molar-refractivity contribution is 7.03. The summed E-state index contributed by atoms with van der Waals surface area (Å²) in [7, 11) is -5.41. The predicted molar refractivity (Wildman–Crippen MR) is 283 cm³/mol. The van der Waals surface area contributed by atoms with Crippen LogP contribution in [0.5, 0.6) is 0 Å². The lowest BCUT2D eigenvalue weighted by molar-refractivity contribution is 0.410. The summed E-state index contributed by atoms with van der Waals surface area (Å²) in [6.07, 6.45) is 22.8. The molecule has 0 bridgehead atoms. The standard InChI is InChI=1S/C59H60N2Si3/c1-59(2)47-36-40(27-31-43(47)44-32-29-42(38-48(44)59)61-51-19-11-15-23-57(51)64(7,8)58-24-16-12-20-52(58)61)26-25-39-28-33-53-45(35-39)46-37-41(30-34-54(46)62(53,3)4)60-49-17-9-13-21-55(49)63(5,6)56-22-14-10-18-50(56)60/h9,11-17,19-27,29-32,34-35,37-38,47H,10,18,28,33,36H2,1-8H3. The molecule has 5 heteroatoms. The van der Waals surface area contributed by atoms with E-state index in [1.54, 1.807) is 20.8 Å². The Kier molecular flexibility index (Phi) is 8.78. The van der Waals surface area contributed by atoms with Crippen molar-refractivity contribution < 1.29 is 0 Å². The van der Waals surface area contributed by atoms with E-state index in [-0.39, 0.29) is 5.41 Å². The molecule has 2 nitrogen and oxygen atoms in total. The first-order valence-corrected chi connectivity index (χ1v) is 32.9. The van der Waals surface area contributed by atoms with E-state index in [2.05, 4.69) is 215 Å². The number of hydrogen-bond acceptors (Lipinski definition) is 2. The van der Waals surface area contributed by atoms with E-state index in [0.717, 1.165) is 25.7 Å². The molecule has 12 rings (SSSR count). The van der Waals surface area contributed by atoms with Crippen LogP contribution in [0.25, 0.3) is 11.1 Å². The number of para-hydroxylation sites is 3. The van der Waals surface area contributed by atoms with Crippen LogP contribution in [-0.4, -0.2) is 24.2 Å². The van der Waals surface area contributed by atoms with Gasteiger partial charge < -0.3 is 9.80 Å². The van der Waals surface area contributed by atoms with Crippen molar-refractivity contribution in [1.82, 2.24) is 0 Å². The summed E-state index contributed by atoms with van der Waals surface area (Å²) in [5, 5.41) is 9.53. The highest BCUT2D eigenvalue weighted by Crippen LogP contribution is 2.55. The van der Waals surface area contributed by atoms with Gasteiger partial charge in [-0.3, -0.25) is 0 Å². The quantitative estimate of drug-likeness (QED) is 0.166. The van der Waals surface area contributed by atoms with Gasteiger partial charge in [0.1, 0.15) is 24.2 Å². The summed E-state index contributed by atoms with van der Waals surface area (Å²) in [5.74, 6) is 0.444. The maximum atomic E-state index is 2.64. The second-order valence-corrected chi connectivity index (χ2v) is 34.7. The first-order chi connectivity index (χ1) is 30.8. The van der Waals surface area contributed by atoms with Crippen LogP contribution in [0, 0.1) is 5.92 Å². The molecule has 64 heavy (non-hydrogen) atoms. The maximum Gasteiger partial charge on any atom is 0.117 e. The number of fused-ring (bicyclic) bond motifs is 8. The molecule has 1 unspecified atom stereocenters. The minimum Gasteiger partial charge on any atom is -0.314 e. The molecule has 0 saturated carbocycles. The van der Waals surface area contributed by atoms with Gasteiger partial charge >= 0.3 is 0 Å². The maximum absolute atomic E-state index is 2.64. The fraction of sp³-hybridized carbons (Fsp3) is 0.254. The van der Waals surface area contributed by atoms with E-state index in [1.165, 1.54) is 89.9 Å². The number of rotatable bonds is 4. The minimum atomic E-state index is -1.84. The fourth-order valence-electron chi connectivity index (χ4n) is 13.2. The van der Waals surface area contributed by atoms with Gasteiger partial charge in [-0.15, -0.1) is 0 Å². The van der Waals surface area contributed by atoms with Crippen molar-refractivity contribution in [3.8, 4) is 0 Å². The number of benzene rings is 5. The molecule has 1 atom stereocenters. The van der Waals surface area contributed by atoms with Crippen LogP contribution in [0.1, 0.15) is 62.6 Å². The number of allylic oxidation sites excluding steroid dienone is 14. The van der Waals surface area contributed by atoms with Crippen LogP contribution >= 0.6 is 0 Å². The van der Waals surface area contributed by atoms with Gasteiger partial charge in [0, 0.05) is 34.1 Å². The summed E-state index contributed by atoms with van der Waals surface area (Å²) in [6, 6.07) is 42.5. The lowest BCUT2D eigenvalue weighted by Gasteiger charge is -2.43. The Bertz CT molecular complexity index is 3060. The second kappa shape index (κ2) is 14.0. The molecule has 0 amide bonds. The summed E-state index contributed by atoms with van der Waals surface area (Å²) >= 11 is 0. The van der Waals surface area contributed by atoms with E-state index in [4.69, 9.17) is 0 Å². The Hall–Kier alpha value is -5.47. The minimum absolute atomic E-state index is 0.0101. The molecule has 0 N–H and O–H groups in total. The monoisotopic (exact) mass is 880 g/mol. The van der Waals surface area contributed by atoms with Gasteiger partial charge in [0.2, 0.25) is 0 Å². The summed E-state index contributed by atoms with van der Waals surface area (Å²) in [4.78, 5) is 5.19. The predicted octanol–water partition coefficient (Wildman–Crippen LogP) is 13.3. The SMILES string of the molecule is CC1(C)c2cc(N3c4ccccc4[Si](C)(C)c4ccccc43)ccc2C2=CC=C(C=CC3=CC4=C(CC3)[Si](C)(C)c3ccc(N5C6=C(C=CCC6)[Si](C)(C)c6ccccc65)cc34)CC21. The third-order valence-electron chi connectivity index (χ3n) is 16.8. The van der Waals surface area contributed by atoms with Crippen LogP contribution in [0.15, 0.2) is 179 Å². The smallest absolute Gasteiger partial charge is 0.117 e. The first-order valence-electron chi connectivity index (χ1n) is 23.9. The Balaban J connectivity index is 0.849. The summed E-state index contributed by atoms with van der Waals surface area (Å²) < 4.78 is 0. The third kappa shape index (κ3) is 5.66. The van der Waals surface area contributed by atoms with E-state index in [0.29, 0.717) is 5.92 Å². The van der Waals surface area contributed by atoms with Crippen molar-refractivity contribution in [3.05, 3.63) is 196 Å². The molecule has 0 saturated heterocycles. The highest BCUT2D eigenvalue weighted by Gasteiger charge is 2.46. The van der Waals surface area contributed by atoms with E-state index in [9.17, 15) is 0 Å². The van der Waals surface area contributed by atoms with Crippen molar-refractivity contribution >= 4 is 84.6 Å². The van der Waals surface area contributed by atoms with Gasteiger partial charge in [0.05, 0.1) is 0 Å². The average molecular weight is 881 g/mol. The normalized spacial score (nSPS) is 22.4. The van der Waals surface area contributed by atoms with E-state index < -0.39 is 24.2 Å². The molecule has 4 aliphatic carbocycles. The second-order valence-electron chi connectivity index (χ2n) is 21.6. The van der Waals surface area contributed by atoms with E-state index >= 15 is 0 Å². The van der Waals surface area contributed by atoms with Crippen LogP contribution < -0.4 is 30.5 Å². The molecule has 0 fully saturated rings. The zero-order valence-corrected chi connectivity index (χ0v) is 41.9. The molecule has 0 radical (unpaired) electrons. The van der Waals surface area contributed by atoms with Gasteiger partial charge in [-0.05, 0) is 151 Å². The van der Waals surface area contributed by atoms with Crippen molar-refractivity contribution in [2.24, 2.45) is 5.92 Å². The fourth-order valence-corrected chi connectivity index (χ4v) is 22.6. The molecule has 3 heterocycles. The lowest BCUT2D eigenvalue weighted by atomic mass is 9.73. The molecular formula is C59H60N2Si3.